The van der Waals surface area contributed by atoms with Crippen LogP contribution in [0.2, 0.25) is 0 Å². The molecule has 0 bridgehead atoms. The van der Waals surface area contributed by atoms with E-state index >= 15 is 0 Å². The number of hydrogen-bond acceptors (Lipinski definition) is 1. The van der Waals surface area contributed by atoms with Crippen molar-refractivity contribution in [1.82, 2.24) is 0 Å². The molecule has 0 nitrogen and oxygen atoms in total. The first-order valence-electron chi connectivity index (χ1n) is 5.15. The van der Waals surface area contributed by atoms with Crippen molar-refractivity contribution in [2.24, 2.45) is 0 Å². The van der Waals surface area contributed by atoms with Gasteiger partial charge in [0, 0.05) is 15.3 Å². The quantitative estimate of drug-likeness (QED) is 0.674. The van der Waals surface area contributed by atoms with Crippen molar-refractivity contribution in [3.63, 3.8) is 0 Å². The lowest BCUT2D eigenvalue weighted by molar-refractivity contribution is 0.500. The first kappa shape index (κ1) is 12.7. The number of alkyl halides is 1. The highest BCUT2D eigenvalue weighted by Crippen LogP contribution is 2.39. The lowest BCUT2D eigenvalue weighted by Crippen LogP contribution is -1.98. The van der Waals surface area contributed by atoms with Gasteiger partial charge >= 0.3 is 0 Å². The van der Waals surface area contributed by atoms with Crippen molar-refractivity contribution in [3.8, 4) is 0 Å². The molecule has 2 aromatic rings. The molecule has 0 aliphatic carbocycles. The summed E-state index contributed by atoms with van der Waals surface area (Å²) in [5.41, 5.74) is 1.44. The van der Waals surface area contributed by atoms with Crippen LogP contribution in [0.4, 0.5) is 8.78 Å². The maximum absolute atomic E-state index is 13.7. The summed E-state index contributed by atoms with van der Waals surface area (Å²) in [5, 5.41) is 0. The zero-order valence-electron chi connectivity index (χ0n) is 9.43. The minimum atomic E-state index is -0.808. The van der Waals surface area contributed by atoms with E-state index in [1.54, 1.807) is 17.4 Å². The van der Waals surface area contributed by atoms with Crippen LogP contribution in [0.15, 0.2) is 24.3 Å². The van der Waals surface area contributed by atoms with E-state index < -0.39 is 11.6 Å². The summed E-state index contributed by atoms with van der Waals surface area (Å²) in [7, 11) is 0. The number of halogens is 3. The molecule has 0 N–H and O–H groups in total. The summed E-state index contributed by atoms with van der Waals surface area (Å²) in [6.45, 7) is 3.98. The van der Waals surface area contributed by atoms with Crippen molar-refractivity contribution < 1.29 is 8.78 Å². The molecule has 2 rings (SSSR count). The van der Waals surface area contributed by atoms with Crippen LogP contribution in [0.5, 0.6) is 0 Å². The van der Waals surface area contributed by atoms with E-state index in [4.69, 9.17) is 0 Å². The molecule has 1 aromatic heterocycles. The summed E-state index contributed by atoms with van der Waals surface area (Å²) in [6, 6.07) is 6.31. The molecule has 1 atom stereocenters. The van der Waals surface area contributed by atoms with Gasteiger partial charge in [-0.1, -0.05) is 28.1 Å². The maximum Gasteiger partial charge on any atom is 0.163 e. The lowest BCUT2D eigenvalue weighted by Gasteiger charge is -2.11. The Morgan fingerprint density at radius 2 is 1.94 bits per heavy atom. The monoisotopic (exact) mass is 316 g/mol. The van der Waals surface area contributed by atoms with Gasteiger partial charge < -0.3 is 0 Å². The van der Waals surface area contributed by atoms with E-state index in [0.717, 1.165) is 16.5 Å². The third-order valence-electron chi connectivity index (χ3n) is 2.56. The molecule has 1 heterocycles. The number of hydrogen-bond donors (Lipinski definition) is 0. The molecule has 1 unspecified atom stereocenters. The van der Waals surface area contributed by atoms with Gasteiger partial charge in [0.2, 0.25) is 0 Å². The Morgan fingerprint density at radius 3 is 2.53 bits per heavy atom. The molecule has 0 amide bonds. The predicted molar refractivity (Wildman–Crippen MR) is 70.9 cm³/mol. The average Bonchev–Trinajstić information content (AvgIpc) is 2.61. The molecule has 17 heavy (non-hydrogen) atoms. The Hall–Kier alpha value is -0.740. The van der Waals surface area contributed by atoms with Crippen LogP contribution in [0.1, 0.15) is 25.7 Å². The van der Waals surface area contributed by atoms with Gasteiger partial charge in [0.25, 0.3) is 0 Å². The van der Waals surface area contributed by atoms with Crippen molar-refractivity contribution in [2.45, 2.75) is 18.7 Å². The van der Waals surface area contributed by atoms with Crippen LogP contribution in [0.25, 0.3) is 0 Å². The van der Waals surface area contributed by atoms with Gasteiger partial charge in [-0.15, -0.1) is 11.3 Å². The Kier molecular flexibility index (Phi) is 3.64. The van der Waals surface area contributed by atoms with Gasteiger partial charge in [0.1, 0.15) is 0 Å². The molecule has 0 aliphatic heterocycles. The minimum Gasteiger partial charge on any atom is -0.204 e. The van der Waals surface area contributed by atoms with Crippen LogP contribution >= 0.6 is 27.3 Å². The van der Waals surface area contributed by atoms with Crippen molar-refractivity contribution in [1.29, 1.82) is 0 Å². The van der Waals surface area contributed by atoms with Gasteiger partial charge in [-0.25, -0.2) is 8.78 Å². The molecule has 0 aliphatic rings. The molecule has 0 saturated carbocycles. The second-order valence-electron chi connectivity index (χ2n) is 3.91. The zero-order chi connectivity index (χ0) is 12.6. The fourth-order valence-corrected chi connectivity index (χ4v) is 3.80. The van der Waals surface area contributed by atoms with Crippen LogP contribution in [0.3, 0.4) is 0 Å². The Bertz CT molecular complexity index is 548. The van der Waals surface area contributed by atoms with Gasteiger partial charge in [0.15, 0.2) is 11.6 Å². The highest BCUT2D eigenvalue weighted by molar-refractivity contribution is 9.09. The smallest absolute Gasteiger partial charge is 0.163 e. The third kappa shape index (κ3) is 2.43. The van der Waals surface area contributed by atoms with Crippen LogP contribution in [-0.4, -0.2) is 0 Å². The van der Waals surface area contributed by atoms with Gasteiger partial charge in [-0.2, -0.15) is 0 Å². The van der Waals surface area contributed by atoms with E-state index in [1.165, 1.54) is 10.9 Å². The SMILES string of the molecule is Cc1cc(C)c(C(Br)c2cccc(F)c2F)s1. The second kappa shape index (κ2) is 4.86. The highest BCUT2D eigenvalue weighted by Gasteiger charge is 2.20. The number of aryl methyl sites for hydroxylation is 2. The van der Waals surface area contributed by atoms with E-state index in [1.807, 2.05) is 19.9 Å². The zero-order valence-corrected chi connectivity index (χ0v) is 11.8. The largest absolute Gasteiger partial charge is 0.204 e. The molecular weight excluding hydrogens is 306 g/mol. The van der Waals surface area contributed by atoms with Crippen LogP contribution < -0.4 is 0 Å². The summed E-state index contributed by atoms with van der Waals surface area (Å²) in [5.74, 6) is -1.59. The van der Waals surface area contributed by atoms with Gasteiger partial charge in [-0.05, 0) is 31.5 Å². The van der Waals surface area contributed by atoms with Crippen molar-refractivity contribution in [2.75, 3.05) is 0 Å². The molecule has 0 saturated heterocycles. The summed E-state index contributed by atoms with van der Waals surface area (Å²) < 4.78 is 26.8. The van der Waals surface area contributed by atoms with E-state index in [-0.39, 0.29) is 4.83 Å². The normalized spacial score (nSPS) is 12.8. The summed E-state index contributed by atoms with van der Waals surface area (Å²) >= 11 is 5.04. The third-order valence-corrected chi connectivity index (χ3v) is 5.04. The number of benzene rings is 1. The Labute approximate surface area is 111 Å². The van der Waals surface area contributed by atoms with E-state index in [0.29, 0.717) is 5.56 Å². The standard InChI is InChI=1S/C13H11BrF2S/c1-7-6-8(2)17-13(7)11(14)9-4-3-5-10(15)12(9)16/h3-6,11H,1-2H3. The van der Waals surface area contributed by atoms with Gasteiger partial charge in [0.05, 0.1) is 4.83 Å². The van der Waals surface area contributed by atoms with Gasteiger partial charge in [-0.3, -0.25) is 0 Å². The Morgan fingerprint density at radius 1 is 1.24 bits per heavy atom. The summed E-state index contributed by atoms with van der Waals surface area (Å²) in [6.07, 6.45) is 0. The molecule has 0 radical (unpaired) electrons. The number of thiophene rings is 1. The average molecular weight is 317 g/mol. The minimum absolute atomic E-state index is 0.295. The highest BCUT2D eigenvalue weighted by atomic mass is 79.9. The van der Waals surface area contributed by atoms with E-state index in [9.17, 15) is 8.78 Å². The van der Waals surface area contributed by atoms with Crippen molar-refractivity contribution in [3.05, 3.63) is 56.8 Å². The molecule has 4 heteroatoms. The molecule has 90 valence electrons. The molecular formula is C13H11BrF2S. The topological polar surface area (TPSA) is 0 Å². The van der Waals surface area contributed by atoms with Crippen LogP contribution in [-0.2, 0) is 0 Å². The molecule has 0 spiro atoms. The fraction of sp³-hybridized carbons (Fsp3) is 0.231. The second-order valence-corrected chi connectivity index (χ2v) is 6.11. The lowest BCUT2D eigenvalue weighted by atomic mass is 10.1. The van der Waals surface area contributed by atoms with Crippen molar-refractivity contribution >= 4 is 27.3 Å². The Balaban J connectivity index is 2.47. The first-order chi connectivity index (χ1) is 8.00. The maximum atomic E-state index is 13.7. The van der Waals surface area contributed by atoms with Crippen LogP contribution in [0, 0.1) is 25.5 Å². The van der Waals surface area contributed by atoms with E-state index in [2.05, 4.69) is 15.9 Å². The number of rotatable bonds is 2. The predicted octanol–water partition coefficient (Wildman–Crippen LogP) is 5.13. The molecule has 0 fully saturated rings. The summed E-state index contributed by atoms with van der Waals surface area (Å²) in [4.78, 5) is 1.89. The first-order valence-corrected chi connectivity index (χ1v) is 6.89. The fourth-order valence-electron chi connectivity index (χ4n) is 1.77. The molecule has 1 aromatic carbocycles.